The minimum absolute atomic E-state index is 0.339. The van der Waals surface area contributed by atoms with Crippen LogP contribution in [0.5, 0.6) is 0 Å². The summed E-state index contributed by atoms with van der Waals surface area (Å²) in [5.41, 5.74) is 5.60. The van der Waals surface area contributed by atoms with Gasteiger partial charge in [0.15, 0.2) is 0 Å². The summed E-state index contributed by atoms with van der Waals surface area (Å²) < 4.78 is 0. The summed E-state index contributed by atoms with van der Waals surface area (Å²) in [6.45, 7) is 1.20. The van der Waals surface area contributed by atoms with Gasteiger partial charge < -0.3 is 10.8 Å². The molecule has 106 valence electrons. The highest BCUT2D eigenvalue weighted by Crippen LogP contribution is 2.30. The van der Waals surface area contributed by atoms with Crippen molar-refractivity contribution in [2.75, 3.05) is 13.1 Å². The number of aliphatic hydroxyl groups excluding tert-OH is 1. The highest BCUT2D eigenvalue weighted by molar-refractivity contribution is 4.85. The van der Waals surface area contributed by atoms with Crippen molar-refractivity contribution >= 4 is 0 Å². The number of nitrogens with zero attached hydrogens (tertiary/aromatic N) is 1. The van der Waals surface area contributed by atoms with Crippen molar-refractivity contribution in [3.8, 4) is 0 Å². The Kier molecular flexibility index (Phi) is 5.93. The predicted molar refractivity (Wildman–Crippen MR) is 75.5 cm³/mol. The minimum Gasteiger partial charge on any atom is -0.390 e. The van der Waals surface area contributed by atoms with E-state index in [1.807, 2.05) is 0 Å². The maximum absolute atomic E-state index is 9.92. The van der Waals surface area contributed by atoms with E-state index in [-0.39, 0.29) is 6.10 Å². The summed E-state index contributed by atoms with van der Waals surface area (Å²) in [6.07, 6.45) is 13.2. The van der Waals surface area contributed by atoms with Crippen molar-refractivity contribution in [2.24, 2.45) is 5.73 Å². The second kappa shape index (κ2) is 7.46. The van der Waals surface area contributed by atoms with Gasteiger partial charge in [0.2, 0.25) is 0 Å². The van der Waals surface area contributed by atoms with E-state index in [4.69, 9.17) is 5.73 Å². The largest absolute Gasteiger partial charge is 0.390 e. The summed E-state index contributed by atoms with van der Waals surface area (Å²) in [5, 5.41) is 9.92. The highest BCUT2D eigenvalue weighted by Gasteiger charge is 2.29. The number of hydrogen-bond donors (Lipinski definition) is 2. The van der Waals surface area contributed by atoms with Crippen LogP contribution in [-0.2, 0) is 0 Å². The molecule has 3 heteroatoms. The first-order chi connectivity index (χ1) is 8.81. The molecule has 0 aromatic heterocycles. The van der Waals surface area contributed by atoms with E-state index in [0.717, 1.165) is 6.54 Å². The Morgan fingerprint density at radius 3 is 1.72 bits per heavy atom. The summed E-state index contributed by atoms with van der Waals surface area (Å²) in [7, 11) is 0. The fourth-order valence-corrected chi connectivity index (χ4v) is 3.74. The van der Waals surface area contributed by atoms with Crippen molar-refractivity contribution in [3.63, 3.8) is 0 Å². The van der Waals surface area contributed by atoms with Gasteiger partial charge in [-0.15, -0.1) is 0 Å². The van der Waals surface area contributed by atoms with Gasteiger partial charge in [-0.05, 0) is 25.7 Å². The van der Waals surface area contributed by atoms with Crippen molar-refractivity contribution in [3.05, 3.63) is 0 Å². The van der Waals surface area contributed by atoms with Gasteiger partial charge in [-0.25, -0.2) is 0 Å². The molecule has 2 saturated carbocycles. The SMILES string of the molecule is NCC(O)CN(C1CCCCC1)C1CCCCC1. The molecule has 0 amide bonds. The molecule has 2 aliphatic rings. The molecule has 0 bridgehead atoms. The second-order valence-electron chi connectivity index (χ2n) is 6.17. The third-order valence-corrected chi connectivity index (χ3v) is 4.78. The topological polar surface area (TPSA) is 49.5 Å². The fraction of sp³-hybridized carbons (Fsp3) is 1.00. The average molecular weight is 254 g/mol. The van der Waals surface area contributed by atoms with Crippen LogP contribution in [0.1, 0.15) is 64.2 Å². The van der Waals surface area contributed by atoms with Gasteiger partial charge in [0.25, 0.3) is 0 Å². The average Bonchev–Trinajstić information content (AvgIpc) is 2.46. The zero-order valence-electron chi connectivity index (χ0n) is 11.7. The molecule has 18 heavy (non-hydrogen) atoms. The normalized spacial score (nSPS) is 25.5. The van der Waals surface area contributed by atoms with Gasteiger partial charge in [-0.2, -0.15) is 0 Å². The van der Waals surface area contributed by atoms with E-state index in [1.54, 1.807) is 0 Å². The second-order valence-corrected chi connectivity index (χ2v) is 6.17. The Morgan fingerprint density at radius 1 is 0.889 bits per heavy atom. The van der Waals surface area contributed by atoms with Crippen molar-refractivity contribution in [2.45, 2.75) is 82.4 Å². The van der Waals surface area contributed by atoms with Gasteiger partial charge in [-0.3, -0.25) is 4.90 Å². The first kappa shape index (κ1) is 14.3. The van der Waals surface area contributed by atoms with Gasteiger partial charge >= 0.3 is 0 Å². The summed E-state index contributed by atoms with van der Waals surface area (Å²) in [5.74, 6) is 0. The molecular weight excluding hydrogens is 224 g/mol. The molecule has 2 rings (SSSR count). The van der Waals surface area contributed by atoms with Gasteiger partial charge in [0, 0.05) is 25.2 Å². The first-order valence-electron chi connectivity index (χ1n) is 7.95. The Bertz CT molecular complexity index is 205. The molecule has 0 spiro atoms. The Balaban J connectivity index is 1.95. The standard InChI is InChI=1S/C15H30N2O/c16-11-15(18)12-17(13-7-3-1-4-8-13)14-9-5-2-6-10-14/h13-15,18H,1-12,16H2. The number of rotatable bonds is 5. The highest BCUT2D eigenvalue weighted by atomic mass is 16.3. The lowest BCUT2D eigenvalue weighted by molar-refractivity contribution is 0.0323. The lowest BCUT2D eigenvalue weighted by Crippen LogP contribution is -2.49. The molecule has 0 aromatic rings. The number of nitrogens with two attached hydrogens (primary N) is 1. The summed E-state index contributed by atoms with van der Waals surface area (Å²) in [4.78, 5) is 2.62. The van der Waals surface area contributed by atoms with Crippen LogP contribution in [0.25, 0.3) is 0 Å². The molecule has 0 aromatic carbocycles. The molecular formula is C15H30N2O. The maximum Gasteiger partial charge on any atom is 0.0789 e. The van der Waals surface area contributed by atoms with E-state index in [1.165, 1.54) is 64.2 Å². The third kappa shape index (κ3) is 3.94. The van der Waals surface area contributed by atoms with E-state index in [0.29, 0.717) is 18.6 Å². The summed E-state index contributed by atoms with van der Waals surface area (Å²) in [6, 6.07) is 1.42. The molecule has 2 aliphatic carbocycles. The van der Waals surface area contributed by atoms with Crippen molar-refractivity contribution < 1.29 is 5.11 Å². The number of aliphatic hydroxyl groups is 1. The molecule has 1 atom stereocenters. The van der Waals surface area contributed by atoms with E-state index in [2.05, 4.69) is 4.90 Å². The Morgan fingerprint density at radius 2 is 1.33 bits per heavy atom. The predicted octanol–water partition coefficient (Wildman–Crippen LogP) is 2.27. The van der Waals surface area contributed by atoms with Crippen LogP contribution in [0, 0.1) is 0 Å². The number of hydrogen-bond acceptors (Lipinski definition) is 3. The quantitative estimate of drug-likeness (QED) is 0.791. The van der Waals surface area contributed by atoms with Crippen LogP contribution in [0.2, 0.25) is 0 Å². The lowest BCUT2D eigenvalue weighted by atomic mass is 9.88. The Hall–Kier alpha value is -0.120. The van der Waals surface area contributed by atoms with Crippen molar-refractivity contribution in [1.82, 2.24) is 4.90 Å². The minimum atomic E-state index is -0.339. The molecule has 3 nitrogen and oxygen atoms in total. The first-order valence-corrected chi connectivity index (χ1v) is 7.95. The van der Waals surface area contributed by atoms with Crippen LogP contribution in [0.3, 0.4) is 0 Å². The molecule has 0 radical (unpaired) electrons. The third-order valence-electron chi connectivity index (χ3n) is 4.78. The van der Waals surface area contributed by atoms with Crippen LogP contribution < -0.4 is 5.73 Å². The summed E-state index contributed by atoms with van der Waals surface area (Å²) >= 11 is 0. The van der Waals surface area contributed by atoms with Crippen LogP contribution >= 0.6 is 0 Å². The smallest absolute Gasteiger partial charge is 0.0789 e. The van der Waals surface area contributed by atoms with Gasteiger partial charge in [-0.1, -0.05) is 38.5 Å². The molecule has 2 fully saturated rings. The molecule has 0 saturated heterocycles. The van der Waals surface area contributed by atoms with Crippen LogP contribution in [0.4, 0.5) is 0 Å². The maximum atomic E-state index is 9.92. The zero-order chi connectivity index (χ0) is 12.8. The Labute approximate surface area is 112 Å². The van der Waals surface area contributed by atoms with Crippen molar-refractivity contribution in [1.29, 1.82) is 0 Å². The molecule has 1 unspecified atom stereocenters. The van der Waals surface area contributed by atoms with Gasteiger partial charge in [0.05, 0.1) is 6.10 Å². The molecule has 0 heterocycles. The van der Waals surface area contributed by atoms with Gasteiger partial charge in [0.1, 0.15) is 0 Å². The zero-order valence-corrected chi connectivity index (χ0v) is 11.7. The lowest BCUT2D eigenvalue weighted by Gasteiger charge is -2.42. The van der Waals surface area contributed by atoms with Crippen LogP contribution in [0.15, 0.2) is 0 Å². The molecule has 0 aliphatic heterocycles. The fourth-order valence-electron chi connectivity index (χ4n) is 3.74. The van der Waals surface area contributed by atoms with Crippen LogP contribution in [-0.4, -0.2) is 41.3 Å². The van der Waals surface area contributed by atoms with E-state index >= 15 is 0 Å². The monoisotopic (exact) mass is 254 g/mol. The van der Waals surface area contributed by atoms with E-state index < -0.39 is 0 Å². The van der Waals surface area contributed by atoms with E-state index in [9.17, 15) is 5.11 Å². The molecule has 3 N–H and O–H groups in total.